The van der Waals surface area contributed by atoms with Crippen LogP contribution in [0.25, 0.3) is 11.5 Å². The molecule has 2 aromatic rings. The maximum Gasteiger partial charge on any atom is 0.229 e. The Kier molecular flexibility index (Phi) is 3.88. The molecule has 0 aliphatic rings. The second-order valence-corrected chi connectivity index (χ2v) is 3.83. The minimum absolute atomic E-state index is 0.309. The summed E-state index contributed by atoms with van der Waals surface area (Å²) in [6.07, 6.45) is 3.41. The van der Waals surface area contributed by atoms with Gasteiger partial charge in [0.2, 0.25) is 5.89 Å². The van der Waals surface area contributed by atoms with E-state index in [1.165, 1.54) is 6.07 Å². The molecule has 1 heterocycles. The number of oxazole rings is 1. The fourth-order valence-electron chi connectivity index (χ4n) is 1.63. The Morgan fingerprint density at radius 2 is 2.18 bits per heavy atom. The predicted octanol–water partition coefficient (Wildman–Crippen LogP) is 2.63. The van der Waals surface area contributed by atoms with Gasteiger partial charge in [-0.05, 0) is 38.6 Å². The molecule has 1 aromatic carbocycles. The zero-order chi connectivity index (χ0) is 12.1. The van der Waals surface area contributed by atoms with E-state index in [-0.39, 0.29) is 5.82 Å². The molecule has 2 rings (SSSR count). The van der Waals surface area contributed by atoms with Crippen LogP contribution in [-0.4, -0.2) is 18.6 Å². The molecular formula is C13H15FN2O. The predicted molar refractivity (Wildman–Crippen MR) is 64.1 cm³/mol. The molecule has 90 valence electrons. The molecule has 3 nitrogen and oxygen atoms in total. The second kappa shape index (κ2) is 5.59. The van der Waals surface area contributed by atoms with E-state index < -0.39 is 0 Å². The van der Waals surface area contributed by atoms with Crippen molar-refractivity contribution in [1.82, 2.24) is 10.3 Å². The zero-order valence-electron chi connectivity index (χ0n) is 9.74. The van der Waals surface area contributed by atoms with Crippen molar-refractivity contribution >= 4 is 0 Å². The highest BCUT2D eigenvalue weighted by molar-refractivity contribution is 5.53. The highest BCUT2D eigenvalue weighted by atomic mass is 19.1. The number of hydrogen-bond acceptors (Lipinski definition) is 3. The summed E-state index contributed by atoms with van der Waals surface area (Å²) >= 11 is 0. The van der Waals surface area contributed by atoms with Gasteiger partial charge in [0, 0.05) is 0 Å². The third-order valence-electron chi connectivity index (χ3n) is 2.52. The number of nitrogens with one attached hydrogen (secondary N) is 1. The van der Waals surface area contributed by atoms with E-state index in [2.05, 4.69) is 10.3 Å². The third-order valence-corrected chi connectivity index (χ3v) is 2.52. The fraction of sp³-hybridized carbons (Fsp3) is 0.308. The molecule has 0 spiro atoms. The van der Waals surface area contributed by atoms with Gasteiger partial charge in [-0.1, -0.05) is 12.1 Å². The summed E-state index contributed by atoms with van der Waals surface area (Å²) in [5, 5.41) is 3.07. The number of aryl methyl sites for hydroxylation is 1. The van der Waals surface area contributed by atoms with Crippen LogP contribution in [0.5, 0.6) is 0 Å². The highest BCUT2D eigenvalue weighted by Gasteiger charge is 2.10. The lowest BCUT2D eigenvalue weighted by molar-refractivity contribution is 0.560. The van der Waals surface area contributed by atoms with Crippen molar-refractivity contribution in [2.24, 2.45) is 0 Å². The number of nitrogens with zero attached hydrogens (tertiary/aromatic N) is 1. The number of aromatic nitrogens is 1. The summed E-state index contributed by atoms with van der Waals surface area (Å²) in [6.45, 7) is 0.932. The number of halogens is 1. The Morgan fingerprint density at radius 3 is 2.94 bits per heavy atom. The van der Waals surface area contributed by atoms with Crippen LogP contribution in [0.2, 0.25) is 0 Å². The smallest absolute Gasteiger partial charge is 0.229 e. The summed E-state index contributed by atoms with van der Waals surface area (Å²) in [5.41, 5.74) is 1.27. The highest BCUT2D eigenvalue weighted by Crippen LogP contribution is 2.21. The first kappa shape index (κ1) is 11.8. The molecule has 1 aromatic heterocycles. The van der Waals surface area contributed by atoms with Crippen LogP contribution in [0.1, 0.15) is 12.1 Å². The Labute approximate surface area is 99.7 Å². The van der Waals surface area contributed by atoms with Gasteiger partial charge in [-0.15, -0.1) is 0 Å². The molecule has 0 atom stereocenters. The molecule has 0 aliphatic carbocycles. The molecule has 0 unspecified atom stereocenters. The van der Waals surface area contributed by atoms with E-state index in [0.29, 0.717) is 11.5 Å². The summed E-state index contributed by atoms with van der Waals surface area (Å²) in [4.78, 5) is 4.28. The van der Waals surface area contributed by atoms with Crippen molar-refractivity contribution in [1.29, 1.82) is 0 Å². The molecule has 0 saturated carbocycles. The Hall–Kier alpha value is -1.68. The van der Waals surface area contributed by atoms with Crippen LogP contribution in [0.4, 0.5) is 4.39 Å². The molecule has 0 fully saturated rings. The van der Waals surface area contributed by atoms with E-state index >= 15 is 0 Å². The van der Waals surface area contributed by atoms with Crippen LogP contribution in [-0.2, 0) is 6.42 Å². The van der Waals surface area contributed by atoms with Crippen LogP contribution in [0.3, 0.4) is 0 Å². The molecule has 17 heavy (non-hydrogen) atoms. The van der Waals surface area contributed by atoms with Gasteiger partial charge in [-0.25, -0.2) is 9.37 Å². The van der Waals surface area contributed by atoms with Gasteiger partial charge >= 0.3 is 0 Å². The van der Waals surface area contributed by atoms with Crippen LogP contribution in [0.15, 0.2) is 34.9 Å². The van der Waals surface area contributed by atoms with Gasteiger partial charge in [0.15, 0.2) is 0 Å². The van der Waals surface area contributed by atoms with Gasteiger partial charge in [0.1, 0.15) is 12.1 Å². The van der Waals surface area contributed by atoms with Crippen molar-refractivity contribution < 1.29 is 8.81 Å². The molecule has 0 aliphatic heterocycles. The minimum atomic E-state index is -0.309. The average Bonchev–Trinajstić information content (AvgIpc) is 2.79. The maximum absolute atomic E-state index is 13.5. The molecular weight excluding hydrogens is 219 g/mol. The summed E-state index contributed by atoms with van der Waals surface area (Å²) in [7, 11) is 1.91. The van der Waals surface area contributed by atoms with Crippen LogP contribution < -0.4 is 5.32 Å². The topological polar surface area (TPSA) is 38.1 Å². The first-order valence-corrected chi connectivity index (χ1v) is 5.65. The third kappa shape index (κ3) is 2.91. The quantitative estimate of drug-likeness (QED) is 0.808. The minimum Gasteiger partial charge on any atom is -0.444 e. The van der Waals surface area contributed by atoms with Gasteiger partial charge in [0.25, 0.3) is 0 Å². The van der Waals surface area contributed by atoms with E-state index in [1.54, 1.807) is 24.5 Å². The first-order chi connectivity index (χ1) is 8.31. The van der Waals surface area contributed by atoms with E-state index in [9.17, 15) is 4.39 Å². The van der Waals surface area contributed by atoms with Crippen LogP contribution >= 0.6 is 0 Å². The lowest BCUT2D eigenvalue weighted by atomic mass is 10.2. The number of benzene rings is 1. The van der Waals surface area contributed by atoms with Crippen molar-refractivity contribution in [3.63, 3.8) is 0 Å². The normalized spacial score (nSPS) is 10.7. The van der Waals surface area contributed by atoms with Gasteiger partial charge in [-0.3, -0.25) is 0 Å². The fourth-order valence-corrected chi connectivity index (χ4v) is 1.63. The Morgan fingerprint density at radius 1 is 1.35 bits per heavy atom. The van der Waals surface area contributed by atoms with Gasteiger partial charge < -0.3 is 9.73 Å². The van der Waals surface area contributed by atoms with Crippen LogP contribution in [0, 0.1) is 5.82 Å². The summed E-state index contributed by atoms with van der Waals surface area (Å²) in [5.74, 6) is 0.0404. The lowest BCUT2D eigenvalue weighted by Gasteiger charge is -1.96. The maximum atomic E-state index is 13.5. The molecule has 4 heteroatoms. The Bertz CT molecular complexity index is 482. The van der Waals surface area contributed by atoms with Crippen molar-refractivity contribution in [2.75, 3.05) is 13.6 Å². The van der Waals surface area contributed by atoms with Gasteiger partial charge in [-0.2, -0.15) is 0 Å². The molecule has 1 N–H and O–H groups in total. The zero-order valence-corrected chi connectivity index (χ0v) is 9.74. The van der Waals surface area contributed by atoms with Crippen molar-refractivity contribution in [3.05, 3.63) is 42.0 Å². The number of hydrogen-bond donors (Lipinski definition) is 1. The van der Waals surface area contributed by atoms with Gasteiger partial charge in [0.05, 0.1) is 11.3 Å². The molecule has 0 radical (unpaired) electrons. The second-order valence-electron chi connectivity index (χ2n) is 3.83. The monoisotopic (exact) mass is 234 g/mol. The van der Waals surface area contributed by atoms with E-state index in [1.807, 2.05) is 7.05 Å². The van der Waals surface area contributed by atoms with Crippen molar-refractivity contribution in [3.8, 4) is 11.5 Å². The Balaban J connectivity index is 2.10. The first-order valence-electron chi connectivity index (χ1n) is 5.65. The summed E-state index contributed by atoms with van der Waals surface area (Å²) < 4.78 is 18.8. The lowest BCUT2D eigenvalue weighted by Crippen LogP contribution is -2.08. The SMILES string of the molecule is CNCCCc1coc(-c2ccccc2F)n1. The molecule has 0 saturated heterocycles. The largest absolute Gasteiger partial charge is 0.444 e. The number of rotatable bonds is 5. The molecule has 0 bridgehead atoms. The van der Waals surface area contributed by atoms with Crippen molar-refractivity contribution in [2.45, 2.75) is 12.8 Å². The molecule has 0 amide bonds. The van der Waals surface area contributed by atoms with E-state index in [0.717, 1.165) is 25.1 Å². The standard InChI is InChI=1S/C13H15FN2O/c1-15-8-4-5-10-9-17-13(16-10)11-6-2-3-7-12(11)14/h2-3,6-7,9,15H,4-5,8H2,1H3. The summed E-state index contributed by atoms with van der Waals surface area (Å²) in [6, 6.07) is 6.48. The average molecular weight is 234 g/mol. The van der Waals surface area contributed by atoms with E-state index in [4.69, 9.17) is 4.42 Å².